The topological polar surface area (TPSA) is 40.5 Å². The number of fused-ring (bicyclic) bond motifs is 3. The number of hydrogen-bond acceptors (Lipinski definition) is 4. The summed E-state index contributed by atoms with van der Waals surface area (Å²) >= 11 is 6.16. The molecule has 1 aromatic heterocycles. The van der Waals surface area contributed by atoms with E-state index < -0.39 is 0 Å². The van der Waals surface area contributed by atoms with Crippen molar-refractivity contribution in [2.45, 2.75) is 12.6 Å². The lowest BCUT2D eigenvalue weighted by Crippen LogP contribution is -2.54. The number of hydrogen-bond donors (Lipinski definition) is 1. The van der Waals surface area contributed by atoms with E-state index in [0.29, 0.717) is 0 Å². The fourth-order valence-electron chi connectivity index (χ4n) is 3.16. The molecule has 0 aliphatic carbocycles. The molecule has 0 radical (unpaired) electrons. The molecule has 4 nitrogen and oxygen atoms in total. The van der Waals surface area contributed by atoms with Gasteiger partial charge in [0.05, 0.1) is 6.54 Å². The standard InChI is InChI=1S/C16H15ClN4/c1-16(11-4-6-18-7-5-11)20-14-10-12(17)2-3-13(14)15-19-8-9-21(15)16/h2-7,10,20H,8-9H2,1H3. The molecule has 0 saturated carbocycles. The fraction of sp³-hybridized carbons (Fsp3) is 0.250. The second kappa shape index (κ2) is 4.46. The highest BCUT2D eigenvalue weighted by molar-refractivity contribution is 6.31. The first kappa shape index (κ1) is 12.7. The molecule has 0 bridgehead atoms. The summed E-state index contributed by atoms with van der Waals surface area (Å²) in [7, 11) is 0. The lowest BCUT2D eigenvalue weighted by atomic mass is 9.94. The van der Waals surface area contributed by atoms with Crippen LogP contribution in [0.15, 0.2) is 47.7 Å². The van der Waals surface area contributed by atoms with Gasteiger partial charge in [0.1, 0.15) is 11.5 Å². The summed E-state index contributed by atoms with van der Waals surface area (Å²) in [4.78, 5) is 11.1. The van der Waals surface area contributed by atoms with Crippen molar-refractivity contribution in [3.05, 3.63) is 58.9 Å². The van der Waals surface area contributed by atoms with Crippen molar-refractivity contribution in [1.29, 1.82) is 0 Å². The molecule has 0 fully saturated rings. The van der Waals surface area contributed by atoms with E-state index in [1.807, 2.05) is 42.7 Å². The maximum atomic E-state index is 6.16. The molecule has 0 amide bonds. The van der Waals surface area contributed by atoms with Gasteiger partial charge in [0.15, 0.2) is 0 Å². The lowest BCUT2D eigenvalue weighted by molar-refractivity contribution is 0.242. The Morgan fingerprint density at radius 3 is 2.86 bits per heavy atom. The average molecular weight is 299 g/mol. The number of rotatable bonds is 1. The second-order valence-corrected chi connectivity index (χ2v) is 5.92. The van der Waals surface area contributed by atoms with Gasteiger partial charge in [0, 0.05) is 40.8 Å². The molecule has 2 aromatic rings. The molecule has 106 valence electrons. The Bertz CT molecular complexity index is 728. The molecule has 1 aromatic carbocycles. The molecule has 5 heteroatoms. The number of nitrogens with one attached hydrogen (secondary N) is 1. The number of halogens is 1. The number of benzene rings is 1. The van der Waals surface area contributed by atoms with E-state index in [1.54, 1.807) is 0 Å². The number of pyridine rings is 1. The van der Waals surface area contributed by atoms with Crippen LogP contribution in [0.25, 0.3) is 0 Å². The Hall–Kier alpha value is -2.07. The summed E-state index contributed by atoms with van der Waals surface area (Å²) in [5, 5.41) is 4.36. The minimum absolute atomic E-state index is 0.337. The van der Waals surface area contributed by atoms with Gasteiger partial charge < -0.3 is 10.2 Å². The van der Waals surface area contributed by atoms with Crippen molar-refractivity contribution in [1.82, 2.24) is 9.88 Å². The van der Waals surface area contributed by atoms with E-state index in [2.05, 4.69) is 22.1 Å². The average Bonchev–Trinajstić information content (AvgIpc) is 2.98. The highest BCUT2D eigenvalue weighted by atomic mass is 35.5. The van der Waals surface area contributed by atoms with Gasteiger partial charge in [-0.15, -0.1) is 0 Å². The van der Waals surface area contributed by atoms with Crippen LogP contribution in [-0.4, -0.2) is 28.8 Å². The highest BCUT2D eigenvalue weighted by Crippen LogP contribution is 2.40. The third-order valence-corrected chi connectivity index (χ3v) is 4.46. The molecule has 2 aliphatic heterocycles. The van der Waals surface area contributed by atoms with Gasteiger partial charge >= 0.3 is 0 Å². The summed E-state index contributed by atoms with van der Waals surface area (Å²) in [6, 6.07) is 10.00. The summed E-state index contributed by atoms with van der Waals surface area (Å²) in [5.74, 6) is 1.04. The Labute approximate surface area is 128 Å². The highest BCUT2D eigenvalue weighted by Gasteiger charge is 2.42. The lowest BCUT2D eigenvalue weighted by Gasteiger charge is -2.46. The zero-order chi connectivity index (χ0) is 14.4. The predicted octanol–water partition coefficient (Wildman–Crippen LogP) is 3.10. The minimum atomic E-state index is -0.337. The van der Waals surface area contributed by atoms with Gasteiger partial charge in [0.2, 0.25) is 0 Å². The van der Waals surface area contributed by atoms with Crippen LogP contribution >= 0.6 is 11.6 Å². The molecular weight excluding hydrogens is 284 g/mol. The van der Waals surface area contributed by atoms with Crippen LogP contribution < -0.4 is 5.32 Å². The number of amidine groups is 1. The van der Waals surface area contributed by atoms with Crippen molar-refractivity contribution in [2.75, 3.05) is 18.4 Å². The van der Waals surface area contributed by atoms with Crippen molar-refractivity contribution >= 4 is 23.1 Å². The first-order chi connectivity index (χ1) is 10.2. The van der Waals surface area contributed by atoms with E-state index in [-0.39, 0.29) is 5.66 Å². The predicted molar refractivity (Wildman–Crippen MR) is 84.8 cm³/mol. The van der Waals surface area contributed by atoms with E-state index >= 15 is 0 Å². The van der Waals surface area contributed by atoms with Crippen LogP contribution in [0.1, 0.15) is 18.1 Å². The minimum Gasteiger partial charge on any atom is -0.358 e. The fourth-order valence-corrected chi connectivity index (χ4v) is 3.33. The first-order valence-electron chi connectivity index (χ1n) is 6.99. The molecule has 21 heavy (non-hydrogen) atoms. The molecule has 0 spiro atoms. The largest absolute Gasteiger partial charge is 0.358 e. The third kappa shape index (κ3) is 1.83. The van der Waals surface area contributed by atoms with Crippen LogP contribution in [-0.2, 0) is 5.66 Å². The Morgan fingerprint density at radius 2 is 2.05 bits per heavy atom. The van der Waals surface area contributed by atoms with Crippen LogP contribution in [0.4, 0.5) is 5.69 Å². The second-order valence-electron chi connectivity index (χ2n) is 5.48. The van der Waals surface area contributed by atoms with E-state index in [4.69, 9.17) is 16.6 Å². The molecule has 4 rings (SSSR count). The summed E-state index contributed by atoms with van der Waals surface area (Å²) in [6.07, 6.45) is 3.64. The maximum absolute atomic E-state index is 6.16. The monoisotopic (exact) mass is 298 g/mol. The molecule has 1 unspecified atom stereocenters. The number of aromatic nitrogens is 1. The van der Waals surface area contributed by atoms with Gasteiger partial charge in [-0.25, -0.2) is 0 Å². The van der Waals surface area contributed by atoms with Crippen molar-refractivity contribution in [3.8, 4) is 0 Å². The summed E-state index contributed by atoms with van der Waals surface area (Å²) < 4.78 is 0. The quantitative estimate of drug-likeness (QED) is 0.879. The van der Waals surface area contributed by atoms with Crippen LogP contribution in [0, 0.1) is 0 Å². The van der Waals surface area contributed by atoms with E-state index in [1.165, 1.54) is 0 Å². The van der Waals surface area contributed by atoms with Gasteiger partial charge in [0.25, 0.3) is 0 Å². The van der Waals surface area contributed by atoms with E-state index in [9.17, 15) is 0 Å². The van der Waals surface area contributed by atoms with Gasteiger partial charge in [-0.1, -0.05) is 11.6 Å². The maximum Gasteiger partial charge on any atom is 0.135 e. The Balaban J connectivity index is 1.90. The number of nitrogens with zero attached hydrogens (tertiary/aromatic N) is 3. The molecule has 1 N–H and O–H groups in total. The number of anilines is 1. The third-order valence-electron chi connectivity index (χ3n) is 4.22. The van der Waals surface area contributed by atoms with Crippen LogP contribution in [0.3, 0.4) is 0 Å². The zero-order valence-electron chi connectivity index (χ0n) is 11.7. The normalized spacial score (nSPS) is 23.1. The Kier molecular flexibility index (Phi) is 2.69. The smallest absolute Gasteiger partial charge is 0.135 e. The van der Waals surface area contributed by atoms with Crippen molar-refractivity contribution in [3.63, 3.8) is 0 Å². The number of aliphatic imine (C=N–C) groups is 1. The molecule has 2 aliphatic rings. The zero-order valence-corrected chi connectivity index (χ0v) is 12.4. The van der Waals surface area contributed by atoms with Crippen LogP contribution in [0.5, 0.6) is 0 Å². The molecule has 1 atom stereocenters. The van der Waals surface area contributed by atoms with Crippen molar-refractivity contribution in [2.24, 2.45) is 4.99 Å². The first-order valence-corrected chi connectivity index (χ1v) is 7.37. The van der Waals surface area contributed by atoms with Crippen LogP contribution in [0.2, 0.25) is 5.02 Å². The van der Waals surface area contributed by atoms with Gasteiger partial charge in [-0.3, -0.25) is 9.98 Å². The molecule has 0 saturated heterocycles. The van der Waals surface area contributed by atoms with Gasteiger partial charge in [-0.05, 0) is 37.3 Å². The Morgan fingerprint density at radius 1 is 1.24 bits per heavy atom. The van der Waals surface area contributed by atoms with Gasteiger partial charge in [-0.2, -0.15) is 0 Å². The van der Waals surface area contributed by atoms with Crippen molar-refractivity contribution < 1.29 is 0 Å². The van der Waals surface area contributed by atoms with E-state index in [0.717, 1.165) is 40.8 Å². The molecular formula is C16H15ClN4. The SMILES string of the molecule is CC1(c2ccncc2)Nc2cc(Cl)ccc2C2=NCCN21. The summed E-state index contributed by atoms with van der Waals surface area (Å²) in [5.41, 5.74) is 2.97. The summed E-state index contributed by atoms with van der Waals surface area (Å²) in [6.45, 7) is 3.90. The molecule has 3 heterocycles.